The summed E-state index contributed by atoms with van der Waals surface area (Å²) >= 11 is 5.53. The summed E-state index contributed by atoms with van der Waals surface area (Å²) in [4.78, 5) is 15.0. The van der Waals surface area contributed by atoms with Crippen molar-refractivity contribution in [1.82, 2.24) is 9.55 Å². The number of hydrogen-bond acceptors (Lipinski definition) is 2. The van der Waals surface area contributed by atoms with E-state index in [1.807, 2.05) is 0 Å². The summed E-state index contributed by atoms with van der Waals surface area (Å²) in [5, 5.41) is 0.225. The molecule has 3 nitrogen and oxygen atoms in total. The lowest BCUT2D eigenvalue weighted by atomic mass is 10.4. The fraction of sp³-hybridized carbons (Fsp3) is 0.333. The fourth-order valence-electron chi connectivity index (χ4n) is 0.873. The van der Waals surface area contributed by atoms with Crippen LogP contribution in [0.2, 0.25) is 5.15 Å². The van der Waals surface area contributed by atoms with Crippen LogP contribution in [0.4, 0.5) is 0 Å². The van der Waals surface area contributed by atoms with Crippen LogP contribution in [0.25, 0.3) is 0 Å². The van der Waals surface area contributed by atoms with Gasteiger partial charge in [0, 0.05) is 19.0 Å². The molecule has 0 radical (unpaired) electrons. The van der Waals surface area contributed by atoms with Crippen molar-refractivity contribution >= 4 is 11.6 Å². The molecular weight excluding hydrogens is 188 g/mol. The standard InChI is InChI=1S/C9H9ClN2O/c1-2-3-4-5-12-7-11-8(10)6-9(12)13/h6-7H,4-5H2,1H3. The second kappa shape index (κ2) is 4.68. The molecular formula is C9H9ClN2O. The van der Waals surface area contributed by atoms with E-state index < -0.39 is 0 Å². The van der Waals surface area contributed by atoms with Gasteiger partial charge in [-0.25, -0.2) is 4.98 Å². The number of aryl methyl sites for hydroxylation is 1. The number of nitrogens with zero attached hydrogens (tertiary/aromatic N) is 2. The van der Waals surface area contributed by atoms with Gasteiger partial charge < -0.3 is 0 Å². The molecule has 0 fully saturated rings. The summed E-state index contributed by atoms with van der Waals surface area (Å²) in [6.45, 7) is 2.33. The van der Waals surface area contributed by atoms with Crippen LogP contribution < -0.4 is 5.56 Å². The molecule has 0 aliphatic carbocycles. The van der Waals surface area contributed by atoms with Crippen molar-refractivity contribution in [2.45, 2.75) is 19.9 Å². The molecule has 68 valence electrons. The lowest BCUT2D eigenvalue weighted by Crippen LogP contribution is -2.19. The maximum atomic E-state index is 11.2. The zero-order chi connectivity index (χ0) is 9.68. The lowest BCUT2D eigenvalue weighted by Gasteiger charge is -2.00. The first-order chi connectivity index (χ1) is 6.24. The van der Waals surface area contributed by atoms with E-state index in [2.05, 4.69) is 16.8 Å². The van der Waals surface area contributed by atoms with E-state index in [0.29, 0.717) is 13.0 Å². The van der Waals surface area contributed by atoms with E-state index >= 15 is 0 Å². The molecule has 13 heavy (non-hydrogen) atoms. The third-order valence-corrected chi connectivity index (χ3v) is 1.71. The van der Waals surface area contributed by atoms with Crippen molar-refractivity contribution in [3.05, 3.63) is 27.9 Å². The SMILES string of the molecule is CC#CCCn1cnc(Cl)cc1=O. The summed E-state index contributed by atoms with van der Waals surface area (Å²) in [7, 11) is 0. The van der Waals surface area contributed by atoms with E-state index in [9.17, 15) is 4.79 Å². The molecule has 0 aromatic carbocycles. The topological polar surface area (TPSA) is 34.9 Å². The molecule has 1 heterocycles. The molecule has 0 bridgehead atoms. The molecule has 0 saturated heterocycles. The normalized spacial score (nSPS) is 9.08. The maximum absolute atomic E-state index is 11.2. The molecule has 1 aromatic rings. The first-order valence-electron chi connectivity index (χ1n) is 3.85. The second-order valence-electron chi connectivity index (χ2n) is 2.42. The fourth-order valence-corrected chi connectivity index (χ4v) is 1.01. The highest BCUT2D eigenvalue weighted by molar-refractivity contribution is 6.29. The van der Waals surface area contributed by atoms with E-state index in [1.54, 1.807) is 6.92 Å². The first-order valence-corrected chi connectivity index (χ1v) is 4.23. The molecule has 0 N–H and O–H groups in total. The van der Waals surface area contributed by atoms with Crippen LogP contribution in [-0.2, 0) is 6.54 Å². The van der Waals surface area contributed by atoms with Crippen LogP contribution in [0.3, 0.4) is 0 Å². The van der Waals surface area contributed by atoms with Crippen LogP contribution in [0, 0.1) is 11.8 Å². The van der Waals surface area contributed by atoms with E-state index in [1.165, 1.54) is 17.0 Å². The first kappa shape index (κ1) is 9.82. The Morgan fingerprint density at radius 1 is 1.69 bits per heavy atom. The zero-order valence-corrected chi connectivity index (χ0v) is 8.01. The van der Waals surface area contributed by atoms with Crippen LogP contribution in [0.15, 0.2) is 17.2 Å². The van der Waals surface area contributed by atoms with Crippen LogP contribution in [0.5, 0.6) is 0 Å². The van der Waals surface area contributed by atoms with Gasteiger partial charge in [-0.3, -0.25) is 9.36 Å². The van der Waals surface area contributed by atoms with E-state index in [0.717, 1.165) is 0 Å². The summed E-state index contributed by atoms with van der Waals surface area (Å²) in [6.07, 6.45) is 2.09. The molecule has 0 atom stereocenters. The van der Waals surface area contributed by atoms with Crippen molar-refractivity contribution in [3.63, 3.8) is 0 Å². The third-order valence-electron chi connectivity index (χ3n) is 1.50. The van der Waals surface area contributed by atoms with Crippen molar-refractivity contribution in [3.8, 4) is 11.8 Å². The van der Waals surface area contributed by atoms with Gasteiger partial charge in [-0.05, 0) is 6.92 Å². The van der Waals surface area contributed by atoms with Gasteiger partial charge in [0.15, 0.2) is 0 Å². The summed E-state index contributed by atoms with van der Waals surface area (Å²) in [5.74, 6) is 5.63. The molecule has 1 aromatic heterocycles. The van der Waals surface area contributed by atoms with Gasteiger partial charge >= 0.3 is 0 Å². The van der Waals surface area contributed by atoms with Crippen molar-refractivity contribution in [2.24, 2.45) is 0 Å². The van der Waals surface area contributed by atoms with Crippen molar-refractivity contribution in [1.29, 1.82) is 0 Å². The monoisotopic (exact) mass is 196 g/mol. The van der Waals surface area contributed by atoms with Gasteiger partial charge in [-0.15, -0.1) is 11.8 Å². The molecule has 0 saturated carbocycles. The largest absolute Gasteiger partial charge is 0.298 e. The minimum Gasteiger partial charge on any atom is -0.298 e. The van der Waals surface area contributed by atoms with Crippen LogP contribution in [0.1, 0.15) is 13.3 Å². The molecule has 4 heteroatoms. The number of aromatic nitrogens is 2. The Morgan fingerprint density at radius 2 is 2.46 bits per heavy atom. The van der Waals surface area contributed by atoms with Gasteiger partial charge in [0.2, 0.25) is 0 Å². The number of hydrogen-bond donors (Lipinski definition) is 0. The minimum absolute atomic E-state index is 0.141. The van der Waals surface area contributed by atoms with E-state index in [4.69, 9.17) is 11.6 Å². The zero-order valence-electron chi connectivity index (χ0n) is 7.25. The summed E-state index contributed by atoms with van der Waals surface area (Å²) < 4.78 is 1.48. The van der Waals surface area contributed by atoms with Gasteiger partial charge in [-0.1, -0.05) is 11.6 Å². The Labute approximate surface area is 81.4 Å². The molecule has 0 aliphatic heterocycles. The van der Waals surface area contributed by atoms with E-state index in [-0.39, 0.29) is 10.7 Å². The predicted octanol–water partition coefficient (Wildman–Crippen LogP) is 1.31. The van der Waals surface area contributed by atoms with Crippen LogP contribution >= 0.6 is 11.6 Å². The molecule has 0 spiro atoms. The number of rotatable bonds is 2. The van der Waals surface area contributed by atoms with Crippen LogP contribution in [-0.4, -0.2) is 9.55 Å². The highest BCUT2D eigenvalue weighted by Gasteiger charge is 1.95. The quantitative estimate of drug-likeness (QED) is 0.528. The smallest absolute Gasteiger partial charge is 0.254 e. The summed E-state index contributed by atoms with van der Waals surface area (Å²) in [6, 6.07) is 1.29. The highest BCUT2D eigenvalue weighted by Crippen LogP contribution is 1.96. The average Bonchev–Trinajstić information content (AvgIpc) is 2.09. The lowest BCUT2D eigenvalue weighted by molar-refractivity contribution is 0.672. The van der Waals surface area contributed by atoms with Crippen molar-refractivity contribution < 1.29 is 0 Å². The maximum Gasteiger partial charge on any atom is 0.254 e. The Balaban J connectivity index is 2.76. The van der Waals surface area contributed by atoms with Gasteiger partial charge in [0.05, 0.1) is 6.33 Å². The summed E-state index contributed by atoms with van der Waals surface area (Å²) in [5.41, 5.74) is -0.141. The molecule has 0 unspecified atom stereocenters. The van der Waals surface area contributed by atoms with Gasteiger partial charge in [0.1, 0.15) is 5.15 Å². The molecule has 1 rings (SSSR count). The molecule has 0 amide bonds. The third kappa shape index (κ3) is 2.92. The second-order valence-corrected chi connectivity index (χ2v) is 2.81. The predicted molar refractivity (Wildman–Crippen MR) is 51.6 cm³/mol. The Kier molecular flexibility index (Phi) is 3.53. The molecule has 0 aliphatic rings. The average molecular weight is 197 g/mol. The Bertz CT molecular complexity index is 400. The van der Waals surface area contributed by atoms with Crippen molar-refractivity contribution in [2.75, 3.05) is 0 Å². The highest BCUT2D eigenvalue weighted by atomic mass is 35.5. The Morgan fingerprint density at radius 3 is 3.08 bits per heavy atom. The van der Waals surface area contributed by atoms with Gasteiger partial charge in [-0.2, -0.15) is 0 Å². The number of halogens is 1. The Hall–Kier alpha value is -1.27. The minimum atomic E-state index is -0.141. The van der Waals surface area contributed by atoms with Gasteiger partial charge in [0.25, 0.3) is 5.56 Å².